The molecule has 14 heavy (non-hydrogen) atoms. The lowest BCUT2D eigenvalue weighted by atomic mass is 10.2. The van der Waals surface area contributed by atoms with Crippen molar-refractivity contribution >= 4 is 18.2 Å². The molecule has 0 aromatic heterocycles. The highest BCUT2D eigenvalue weighted by atomic mass is 15.6. The Morgan fingerprint density at radius 3 is 3.14 bits per heavy atom. The maximum absolute atomic E-state index is 4.17. The van der Waals surface area contributed by atoms with Crippen LogP contribution in [0.1, 0.15) is 5.56 Å². The van der Waals surface area contributed by atoms with Gasteiger partial charge in [-0.25, -0.2) is 10.0 Å². The maximum Gasteiger partial charge on any atom is 0.172 e. The molecule has 0 amide bonds. The van der Waals surface area contributed by atoms with Crippen molar-refractivity contribution in [2.45, 2.75) is 0 Å². The molecular formula is C10H8N4. The van der Waals surface area contributed by atoms with E-state index in [1.54, 1.807) is 12.5 Å². The molecule has 0 fully saturated rings. The van der Waals surface area contributed by atoms with Crippen LogP contribution in [-0.2, 0) is 0 Å². The number of hydrazine groups is 1. The number of hydrogen-bond acceptors (Lipinski definition) is 4. The number of para-hydroxylation sites is 1. The number of benzene rings is 1. The van der Waals surface area contributed by atoms with Crippen LogP contribution in [0.3, 0.4) is 0 Å². The fraction of sp³-hybridized carbons (Fsp3) is 0. The van der Waals surface area contributed by atoms with Gasteiger partial charge in [0.05, 0.1) is 11.9 Å². The second-order valence-electron chi connectivity index (χ2n) is 3.05. The highest BCUT2D eigenvalue weighted by Crippen LogP contribution is 2.25. The van der Waals surface area contributed by atoms with Crippen molar-refractivity contribution in [1.82, 2.24) is 5.43 Å². The van der Waals surface area contributed by atoms with Crippen molar-refractivity contribution in [3.8, 4) is 0 Å². The Balaban J connectivity index is 2.20. The number of anilines is 1. The molecule has 1 N–H and O–H groups in total. The summed E-state index contributed by atoms with van der Waals surface area (Å²) in [6.07, 6.45) is 5.22. The van der Waals surface area contributed by atoms with Crippen LogP contribution in [-0.4, -0.2) is 12.6 Å². The fourth-order valence-corrected chi connectivity index (χ4v) is 1.55. The Kier molecular flexibility index (Phi) is 1.41. The third-order valence-corrected chi connectivity index (χ3v) is 2.19. The first-order chi connectivity index (χ1) is 6.95. The summed E-state index contributed by atoms with van der Waals surface area (Å²) in [6.45, 7) is 0. The number of nitrogens with one attached hydrogen (secondary N) is 1. The minimum absolute atomic E-state index is 0.811. The van der Waals surface area contributed by atoms with Gasteiger partial charge < -0.3 is 0 Å². The molecule has 1 aromatic carbocycles. The predicted octanol–water partition coefficient (Wildman–Crippen LogP) is 1.27. The molecule has 2 heterocycles. The lowest BCUT2D eigenvalue weighted by molar-refractivity contribution is 0.925. The highest BCUT2D eigenvalue weighted by molar-refractivity contribution is 5.91. The van der Waals surface area contributed by atoms with Gasteiger partial charge in [0.2, 0.25) is 0 Å². The summed E-state index contributed by atoms with van der Waals surface area (Å²) < 4.78 is 0. The molecular weight excluding hydrogens is 176 g/mol. The van der Waals surface area contributed by atoms with Crippen molar-refractivity contribution in [2.24, 2.45) is 9.98 Å². The molecule has 3 rings (SSSR count). The van der Waals surface area contributed by atoms with Gasteiger partial charge in [-0.2, -0.15) is 0 Å². The van der Waals surface area contributed by atoms with Gasteiger partial charge in [0.25, 0.3) is 0 Å². The second-order valence-corrected chi connectivity index (χ2v) is 3.05. The zero-order valence-electron chi connectivity index (χ0n) is 7.38. The zero-order chi connectivity index (χ0) is 9.38. The van der Waals surface area contributed by atoms with Gasteiger partial charge >= 0.3 is 0 Å². The van der Waals surface area contributed by atoms with Crippen molar-refractivity contribution < 1.29 is 0 Å². The molecule has 2 aliphatic heterocycles. The molecule has 2 aliphatic rings. The van der Waals surface area contributed by atoms with Gasteiger partial charge in [0.15, 0.2) is 5.82 Å². The van der Waals surface area contributed by atoms with Crippen LogP contribution in [0.5, 0.6) is 0 Å². The molecule has 0 radical (unpaired) electrons. The van der Waals surface area contributed by atoms with Gasteiger partial charge in [-0.3, -0.25) is 10.4 Å². The Hall–Kier alpha value is -2.10. The average Bonchev–Trinajstić information content (AvgIpc) is 2.61. The SMILES string of the molecule is C1=NC=C2N=CNN2c2ccccc21. The van der Waals surface area contributed by atoms with Crippen LogP contribution >= 0.6 is 0 Å². The van der Waals surface area contributed by atoms with Crippen LogP contribution < -0.4 is 10.4 Å². The van der Waals surface area contributed by atoms with E-state index in [9.17, 15) is 0 Å². The maximum atomic E-state index is 4.17. The summed E-state index contributed by atoms with van der Waals surface area (Å²) in [4.78, 5) is 8.33. The van der Waals surface area contributed by atoms with E-state index in [4.69, 9.17) is 0 Å². The summed E-state index contributed by atoms with van der Waals surface area (Å²) >= 11 is 0. The lowest BCUT2D eigenvalue weighted by Gasteiger charge is -2.18. The standard InChI is InChI=1S/C10H8N4/c1-2-4-9-8(3-1)5-11-6-10-12-7-13-14(9)10/h1-7H,(H,12,13). The van der Waals surface area contributed by atoms with Gasteiger partial charge in [0.1, 0.15) is 6.34 Å². The first-order valence-corrected chi connectivity index (χ1v) is 4.36. The third kappa shape index (κ3) is 0.939. The van der Waals surface area contributed by atoms with E-state index >= 15 is 0 Å². The number of aliphatic imine (C=N–C) groups is 2. The summed E-state index contributed by atoms with van der Waals surface area (Å²) in [7, 11) is 0. The molecule has 0 unspecified atom stereocenters. The molecule has 0 aliphatic carbocycles. The van der Waals surface area contributed by atoms with E-state index in [0.29, 0.717) is 0 Å². The predicted molar refractivity (Wildman–Crippen MR) is 56.2 cm³/mol. The molecule has 0 saturated heterocycles. The van der Waals surface area contributed by atoms with Gasteiger partial charge in [-0.1, -0.05) is 18.2 Å². The Morgan fingerprint density at radius 2 is 2.14 bits per heavy atom. The van der Waals surface area contributed by atoms with E-state index in [-0.39, 0.29) is 0 Å². The average molecular weight is 184 g/mol. The molecule has 68 valence electrons. The Morgan fingerprint density at radius 1 is 1.21 bits per heavy atom. The number of hydrogen-bond donors (Lipinski definition) is 1. The fourth-order valence-electron chi connectivity index (χ4n) is 1.55. The number of fused-ring (bicyclic) bond motifs is 3. The number of rotatable bonds is 0. The van der Waals surface area contributed by atoms with Gasteiger partial charge in [0, 0.05) is 11.8 Å². The normalized spacial score (nSPS) is 16.9. The molecule has 0 spiro atoms. The minimum atomic E-state index is 0.811. The van der Waals surface area contributed by atoms with E-state index in [1.807, 2.05) is 35.5 Å². The van der Waals surface area contributed by atoms with Crippen LogP contribution in [0, 0.1) is 0 Å². The largest absolute Gasteiger partial charge is 0.282 e. The molecule has 0 saturated carbocycles. The molecule has 0 bridgehead atoms. The first kappa shape index (κ1) is 7.32. The van der Waals surface area contributed by atoms with Crippen molar-refractivity contribution in [3.05, 3.63) is 41.8 Å². The summed E-state index contributed by atoms with van der Waals surface area (Å²) in [5, 5.41) is 1.91. The Bertz CT molecular complexity index is 459. The monoisotopic (exact) mass is 184 g/mol. The van der Waals surface area contributed by atoms with E-state index in [2.05, 4.69) is 15.4 Å². The van der Waals surface area contributed by atoms with Gasteiger partial charge in [-0.15, -0.1) is 0 Å². The van der Waals surface area contributed by atoms with Crippen molar-refractivity contribution in [3.63, 3.8) is 0 Å². The molecule has 0 atom stereocenters. The number of nitrogens with zero attached hydrogens (tertiary/aromatic N) is 3. The lowest BCUT2D eigenvalue weighted by Crippen LogP contribution is -2.30. The quantitative estimate of drug-likeness (QED) is 0.659. The topological polar surface area (TPSA) is 40.0 Å². The summed E-state index contributed by atoms with van der Waals surface area (Å²) in [5.74, 6) is 0.811. The summed E-state index contributed by atoms with van der Waals surface area (Å²) in [5.41, 5.74) is 5.20. The van der Waals surface area contributed by atoms with E-state index < -0.39 is 0 Å². The minimum Gasteiger partial charge on any atom is -0.282 e. The van der Waals surface area contributed by atoms with Crippen LogP contribution in [0.25, 0.3) is 0 Å². The first-order valence-electron chi connectivity index (χ1n) is 4.36. The molecule has 4 heteroatoms. The van der Waals surface area contributed by atoms with E-state index in [0.717, 1.165) is 17.1 Å². The van der Waals surface area contributed by atoms with Crippen LogP contribution in [0.2, 0.25) is 0 Å². The van der Waals surface area contributed by atoms with Gasteiger partial charge in [-0.05, 0) is 6.07 Å². The smallest absolute Gasteiger partial charge is 0.172 e. The highest BCUT2D eigenvalue weighted by Gasteiger charge is 2.18. The van der Waals surface area contributed by atoms with Crippen LogP contribution in [0.4, 0.5) is 5.69 Å². The van der Waals surface area contributed by atoms with E-state index in [1.165, 1.54) is 0 Å². The Labute approximate surface area is 81.3 Å². The summed E-state index contributed by atoms with van der Waals surface area (Å²) in [6, 6.07) is 8.04. The zero-order valence-corrected chi connectivity index (χ0v) is 7.38. The third-order valence-electron chi connectivity index (χ3n) is 2.19. The van der Waals surface area contributed by atoms with Crippen LogP contribution in [0.15, 0.2) is 46.3 Å². The van der Waals surface area contributed by atoms with Crippen molar-refractivity contribution in [1.29, 1.82) is 0 Å². The molecule has 1 aromatic rings. The molecule has 4 nitrogen and oxygen atoms in total. The van der Waals surface area contributed by atoms with Crippen molar-refractivity contribution in [2.75, 3.05) is 5.01 Å². The second kappa shape index (κ2) is 2.70.